The SMILES string of the molecule is CCNC(=NCC(=O)N(C)C)NCC1COC2(CCOCC2)O1.I. The van der Waals surface area contributed by atoms with Crippen LogP contribution >= 0.6 is 24.0 Å². The minimum absolute atomic E-state index is 0. The summed E-state index contributed by atoms with van der Waals surface area (Å²) in [5.74, 6) is 0.101. The minimum Gasteiger partial charge on any atom is -0.381 e. The van der Waals surface area contributed by atoms with Gasteiger partial charge < -0.3 is 29.7 Å². The van der Waals surface area contributed by atoms with Crippen LogP contribution in [0.25, 0.3) is 0 Å². The molecule has 0 aromatic carbocycles. The summed E-state index contributed by atoms with van der Waals surface area (Å²) >= 11 is 0. The van der Waals surface area contributed by atoms with Crippen molar-refractivity contribution in [3.8, 4) is 0 Å². The molecule has 0 radical (unpaired) electrons. The molecule has 9 heteroatoms. The number of likely N-dealkylation sites (N-methyl/N-ethyl adjacent to an activating group) is 1. The first-order valence-corrected chi connectivity index (χ1v) is 8.16. The second kappa shape index (κ2) is 10.4. The number of carbonyl (C=O) groups is 1. The normalized spacial score (nSPS) is 22.8. The first-order chi connectivity index (χ1) is 11.0. The van der Waals surface area contributed by atoms with Crippen molar-refractivity contribution in [3.63, 3.8) is 0 Å². The fourth-order valence-corrected chi connectivity index (χ4v) is 2.50. The van der Waals surface area contributed by atoms with Gasteiger partial charge in [-0.15, -0.1) is 24.0 Å². The number of carbonyl (C=O) groups excluding carboxylic acids is 1. The van der Waals surface area contributed by atoms with Gasteiger partial charge in [0.1, 0.15) is 12.6 Å². The second-order valence-corrected chi connectivity index (χ2v) is 5.94. The lowest BCUT2D eigenvalue weighted by Gasteiger charge is -2.31. The molecule has 140 valence electrons. The van der Waals surface area contributed by atoms with Crippen molar-refractivity contribution in [2.75, 3.05) is 53.6 Å². The molecule has 2 fully saturated rings. The summed E-state index contributed by atoms with van der Waals surface area (Å²) in [7, 11) is 3.44. The molecule has 2 N–H and O–H groups in total. The quantitative estimate of drug-likeness (QED) is 0.349. The van der Waals surface area contributed by atoms with Crippen LogP contribution in [0.3, 0.4) is 0 Å². The van der Waals surface area contributed by atoms with Crippen molar-refractivity contribution in [1.29, 1.82) is 0 Å². The van der Waals surface area contributed by atoms with Gasteiger partial charge in [0.15, 0.2) is 11.7 Å². The van der Waals surface area contributed by atoms with Gasteiger partial charge in [-0.3, -0.25) is 4.79 Å². The number of aliphatic imine (C=N–C) groups is 1. The zero-order chi connectivity index (χ0) is 16.7. The molecule has 0 aliphatic carbocycles. The maximum atomic E-state index is 11.6. The van der Waals surface area contributed by atoms with E-state index in [1.807, 2.05) is 6.92 Å². The molecule has 0 saturated carbocycles. The topological polar surface area (TPSA) is 84.4 Å². The average molecular weight is 456 g/mol. The summed E-state index contributed by atoms with van der Waals surface area (Å²) in [4.78, 5) is 17.4. The Balaban J connectivity index is 0.00000288. The van der Waals surface area contributed by atoms with E-state index in [-0.39, 0.29) is 42.5 Å². The molecular formula is C15H29IN4O4. The Morgan fingerprint density at radius 2 is 2.00 bits per heavy atom. The van der Waals surface area contributed by atoms with Gasteiger partial charge in [0.25, 0.3) is 0 Å². The van der Waals surface area contributed by atoms with E-state index in [4.69, 9.17) is 14.2 Å². The Bertz CT molecular complexity index is 428. The Labute approximate surface area is 160 Å². The largest absolute Gasteiger partial charge is 0.381 e. The molecule has 2 saturated heterocycles. The zero-order valence-electron chi connectivity index (χ0n) is 14.7. The predicted molar refractivity (Wildman–Crippen MR) is 102 cm³/mol. The third-order valence-corrected chi connectivity index (χ3v) is 3.88. The second-order valence-electron chi connectivity index (χ2n) is 5.94. The van der Waals surface area contributed by atoms with E-state index in [0.29, 0.717) is 32.3 Å². The Hall–Kier alpha value is -0.650. The highest BCUT2D eigenvalue weighted by molar-refractivity contribution is 14.0. The maximum absolute atomic E-state index is 11.6. The molecule has 1 atom stereocenters. The van der Waals surface area contributed by atoms with E-state index in [1.165, 1.54) is 4.90 Å². The van der Waals surface area contributed by atoms with Crippen LogP contribution in [-0.2, 0) is 19.0 Å². The molecule has 0 aromatic rings. The lowest BCUT2D eigenvalue weighted by atomic mass is 10.1. The molecule has 1 unspecified atom stereocenters. The van der Waals surface area contributed by atoms with Crippen LogP contribution in [0.1, 0.15) is 19.8 Å². The average Bonchev–Trinajstić information content (AvgIpc) is 2.93. The summed E-state index contributed by atoms with van der Waals surface area (Å²) in [6, 6.07) is 0. The van der Waals surface area contributed by atoms with Gasteiger partial charge in [0.05, 0.1) is 19.8 Å². The molecule has 0 bridgehead atoms. The van der Waals surface area contributed by atoms with Crippen molar-refractivity contribution in [1.82, 2.24) is 15.5 Å². The Morgan fingerprint density at radius 3 is 2.62 bits per heavy atom. The highest BCUT2D eigenvalue weighted by Crippen LogP contribution is 2.32. The van der Waals surface area contributed by atoms with Crippen LogP contribution in [-0.4, -0.2) is 82.2 Å². The van der Waals surface area contributed by atoms with Crippen molar-refractivity contribution < 1.29 is 19.0 Å². The molecule has 1 spiro atoms. The van der Waals surface area contributed by atoms with Gasteiger partial charge in [0.2, 0.25) is 5.91 Å². The number of hydrogen-bond acceptors (Lipinski definition) is 5. The number of rotatable bonds is 5. The van der Waals surface area contributed by atoms with Crippen molar-refractivity contribution >= 4 is 35.8 Å². The zero-order valence-corrected chi connectivity index (χ0v) is 17.0. The van der Waals surface area contributed by atoms with E-state index >= 15 is 0 Å². The van der Waals surface area contributed by atoms with Crippen molar-refractivity contribution in [2.45, 2.75) is 31.7 Å². The number of ether oxygens (including phenoxy) is 3. The summed E-state index contributed by atoms with van der Waals surface area (Å²) < 4.78 is 17.3. The Morgan fingerprint density at radius 1 is 1.29 bits per heavy atom. The summed E-state index contributed by atoms with van der Waals surface area (Å²) in [5.41, 5.74) is 0. The van der Waals surface area contributed by atoms with E-state index in [1.54, 1.807) is 14.1 Å². The van der Waals surface area contributed by atoms with Crippen molar-refractivity contribution in [2.24, 2.45) is 4.99 Å². The van der Waals surface area contributed by atoms with Gasteiger partial charge in [-0.2, -0.15) is 0 Å². The van der Waals surface area contributed by atoms with Crippen LogP contribution in [0.2, 0.25) is 0 Å². The molecule has 24 heavy (non-hydrogen) atoms. The molecule has 2 aliphatic rings. The highest BCUT2D eigenvalue weighted by Gasteiger charge is 2.42. The summed E-state index contributed by atoms with van der Waals surface area (Å²) in [6.45, 7) is 5.33. The lowest BCUT2D eigenvalue weighted by molar-refractivity contribution is -0.210. The molecule has 1 amide bonds. The maximum Gasteiger partial charge on any atom is 0.243 e. The van der Waals surface area contributed by atoms with Crippen LogP contribution in [0.4, 0.5) is 0 Å². The van der Waals surface area contributed by atoms with Crippen LogP contribution in [0.15, 0.2) is 4.99 Å². The first kappa shape index (κ1) is 21.4. The molecule has 0 aromatic heterocycles. The summed E-state index contributed by atoms with van der Waals surface area (Å²) in [5, 5.41) is 6.33. The van der Waals surface area contributed by atoms with Crippen molar-refractivity contribution in [3.05, 3.63) is 0 Å². The van der Waals surface area contributed by atoms with Crippen LogP contribution < -0.4 is 10.6 Å². The fourth-order valence-electron chi connectivity index (χ4n) is 2.50. The van der Waals surface area contributed by atoms with Gasteiger partial charge in [0, 0.05) is 40.0 Å². The summed E-state index contributed by atoms with van der Waals surface area (Å²) in [6.07, 6.45) is 1.52. The van der Waals surface area contributed by atoms with Gasteiger partial charge in [-0.25, -0.2) is 4.99 Å². The van der Waals surface area contributed by atoms with Gasteiger partial charge in [-0.05, 0) is 6.92 Å². The van der Waals surface area contributed by atoms with Gasteiger partial charge >= 0.3 is 0 Å². The molecule has 2 heterocycles. The fraction of sp³-hybridized carbons (Fsp3) is 0.867. The van der Waals surface area contributed by atoms with Gasteiger partial charge in [-0.1, -0.05) is 0 Å². The third kappa shape index (κ3) is 6.34. The standard InChI is InChI=1S/C15H28N4O4.HI/c1-4-16-14(18-10-13(20)19(2)3)17-9-12-11-22-15(23-12)5-7-21-8-6-15;/h12H,4-11H2,1-3H3,(H2,16,17,18);1H. The van der Waals surface area contributed by atoms with E-state index in [9.17, 15) is 4.79 Å². The number of halogens is 1. The molecule has 2 rings (SSSR count). The number of hydrogen-bond donors (Lipinski definition) is 2. The number of nitrogens with one attached hydrogen (secondary N) is 2. The first-order valence-electron chi connectivity index (χ1n) is 8.16. The van der Waals surface area contributed by atoms with Crippen LogP contribution in [0, 0.1) is 0 Å². The molecular weight excluding hydrogens is 427 g/mol. The van der Waals surface area contributed by atoms with E-state index in [0.717, 1.165) is 19.4 Å². The van der Waals surface area contributed by atoms with E-state index in [2.05, 4.69) is 15.6 Å². The third-order valence-electron chi connectivity index (χ3n) is 3.88. The van der Waals surface area contributed by atoms with Crippen LogP contribution in [0.5, 0.6) is 0 Å². The molecule has 8 nitrogen and oxygen atoms in total. The Kier molecular flexibility index (Phi) is 9.24. The van der Waals surface area contributed by atoms with E-state index < -0.39 is 5.79 Å². The minimum atomic E-state index is -0.471. The smallest absolute Gasteiger partial charge is 0.243 e. The number of guanidine groups is 1. The monoisotopic (exact) mass is 456 g/mol. The lowest BCUT2D eigenvalue weighted by Crippen LogP contribution is -2.43. The number of amides is 1. The predicted octanol–water partition coefficient (Wildman–Crippen LogP) is 0.170. The highest BCUT2D eigenvalue weighted by atomic mass is 127. The molecule has 2 aliphatic heterocycles. The number of nitrogens with zero attached hydrogens (tertiary/aromatic N) is 2.